The Morgan fingerprint density at radius 1 is 1.22 bits per heavy atom. The molecule has 1 N–H and O–H groups in total. The Morgan fingerprint density at radius 2 is 2.04 bits per heavy atom. The van der Waals surface area contributed by atoms with Gasteiger partial charge in [-0.05, 0) is 38.1 Å². The van der Waals surface area contributed by atoms with Gasteiger partial charge < -0.3 is 24.2 Å². The molecule has 7 heteroatoms. The molecule has 1 atom stereocenters. The van der Waals surface area contributed by atoms with Crippen molar-refractivity contribution in [3.8, 4) is 0 Å². The van der Waals surface area contributed by atoms with Crippen molar-refractivity contribution in [2.45, 2.75) is 31.4 Å². The number of aryl methyl sites for hydroxylation is 1. The maximum Gasteiger partial charge on any atom is 0.224 e. The molecule has 2 saturated heterocycles. The number of imidazole rings is 1. The van der Waals surface area contributed by atoms with Crippen LogP contribution in [-0.2, 0) is 16.1 Å². The van der Waals surface area contributed by atoms with E-state index in [-0.39, 0.29) is 5.91 Å². The van der Waals surface area contributed by atoms with Crippen molar-refractivity contribution in [2.24, 2.45) is 0 Å². The summed E-state index contributed by atoms with van der Waals surface area (Å²) in [7, 11) is 0. The lowest BCUT2D eigenvalue weighted by molar-refractivity contribution is -0.134. The van der Waals surface area contributed by atoms with Gasteiger partial charge in [0.05, 0.1) is 37.1 Å². The summed E-state index contributed by atoms with van der Waals surface area (Å²) in [6.45, 7) is 4.83. The number of para-hydroxylation sites is 2. The minimum Gasteiger partial charge on any atom is -0.384 e. The molecule has 2 aliphatic rings. The lowest BCUT2D eigenvalue weighted by atomic mass is 10.0. The molecule has 1 aromatic heterocycles. The summed E-state index contributed by atoms with van der Waals surface area (Å²) >= 11 is 0. The number of fused-ring (bicyclic) bond motifs is 1. The summed E-state index contributed by atoms with van der Waals surface area (Å²) in [6, 6.07) is 7.93. The summed E-state index contributed by atoms with van der Waals surface area (Å²) in [5, 5.41) is 11.0. The van der Waals surface area contributed by atoms with Crippen LogP contribution in [0.15, 0.2) is 30.6 Å². The highest BCUT2D eigenvalue weighted by Gasteiger charge is 2.36. The number of nitrogens with zero attached hydrogens (tertiary/aromatic N) is 4. The Balaban J connectivity index is 1.38. The van der Waals surface area contributed by atoms with E-state index < -0.39 is 5.60 Å². The third-order valence-electron chi connectivity index (χ3n) is 5.52. The molecule has 2 aliphatic heterocycles. The number of hydrogen-bond donors (Lipinski definition) is 1. The molecular formula is C20H28N4O3. The highest BCUT2D eigenvalue weighted by atomic mass is 16.5. The molecule has 0 bridgehead atoms. The second-order valence-electron chi connectivity index (χ2n) is 7.75. The van der Waals surface area contributed by atoms with E-state index >= 15 is 0 Å². The number of rotatable bonds is 5. The molecule has 0 aliphatic carbocycles. The smallest absolute Gasteiger partial charge is 0.224 e. The van der Waals surface area contributed by atoms with Gasteiger partial charge in [-0.2, -0.15) is 0 Å². The van der Waals surface area contributed by atoms with E-state index in [0.29, 0.717) is 45.8 Å². The number of amides is 1. The first-order valence-corrected chi connectivity index (χ1v) is 9.83. The first-order chi connectivity index (χ1) is 13.1. The quantitative estimate of drug-likeness (QED) is 0.851. The van der Waals surface area contributed by atoms with Crippen molar-refractivity contribution in [2.75, 3.05) is 45.9 Å². The second-order valence-corrected chi connectivity index (χ2v) is 7.75. The molecule has 0 radical (unpaired) electrons. The lowest BCUT2D eigenvalue weighted by Gasteiger charge is -2.34. The molecule has 7 nitrogen and oxygen atoms in total. The van der Waals surface area contributed by atoms with Crippen LogP contribution in [-0.4, -0.2) is 81.9 Å². The summed E-state index contributed by atoms with van der Waals surface area (Å²) in [6.07, 6.45) is 4.53. The Labute approximate surface area is 159 Å². The van der Waals surface area contributed by atoms with Crippen LogP contribution < -0.4 is 0 Å². The Bertz CT molecular complexity index is 786. The molecule has 2 aromatic rings. The van der Waals surface area contributed by atoms with Gasteiger partial charge in [-0.25, -0.2) is 4.98 Å². The molecule has 2 fully saturated rings. The van der Waals surface area contributed by atoms with Crippen molar-refractivity contribution in [3.63, 3.8) is 0 Å². The largest absolute Gasteiger partial charge is 0.384 e. The van der Waals surface area contributed by atoms with Crippen LogP contribution in [0.4, 0.5) is 0 Å². The molecular weight excluding hydrogens is 344 g/mol. The van der Waals surface area contributed by atoms with Crippen LogP contribution in [0.25, 0.3) is 11.0 Å². The molecule has 4 rings (SSSR count). The number of hydrogen-bond acceptors (Lipinski definition) is 5. The summed E-state index contributed by atoms with van der Waals surface area (Å²) in [5.41, 5.74) is 0.987. The third kappa shape index (κ3) is 4.31. The van der Waals surface area contributed by atoms with Gasteiger partial charge >= 0.3 is 0 Å². The molecule has 27 heavy (non-hydrogen) atoms. The maximum absolute atomic E-state index is 12.8. The van der Waals surface area contributed by atoms with Crippen LogP contribution in [0.1, 0.15) is 19.3 Å². The zero-order valence-corrected chi connectivity index (χ0v) is 15.7. The van der Waals surface area contributed by atoms with Gasteiger partial charge in [0.25, 0.3) is 0 Å². The van der Waals surface area contributed by atoms with Gasteiger partial charge in [0.1, 0.15) is 5.60 Å². The normalized spacial score (nSPS) is 24.4. The van der Waals surface area contributed by atoms with Crippen LogP contribution in [0, 0.1) is 0 Å². The van der Waals surface area contributed by atoms with E-state index in [2.05, 4.69) is 9.88 Å². The SMILES string of the molecule is O=C(CCn1cnc2ccccc21)N1CCOC[C@@](O)(CN2CCCC2)C1. The van der Waals surface area contributed by atoms with Gasteiger partial charge in [-0.1, -0.05) is 12.1 Å². The van der Waals surface area contributed by atoms with E-state index in [0.717, 1.165) is 24.1 Å². The monoisotopic (exact) mass is 372 g/mol. The summed E-state index contributed by atoms with van der Waals surface area (Å²) in [4.78, 5) is 21.2. The van der Waals surface area contributed by atoms with E-state index in [4.69, 9.17) is 4.74 Å². The van der Waals surface area contributed by atoms with Gasteiger partial charge in [-0.15, -0.1) is 0 Å². The zero-order valence-electron chi connectivity index (χ0n) is 15.7. The fourth-order valence-electron chi connectivity index (χ4n) is 4.15. The van der Waals surface area contributed by atoms with Crippen LogP contribution in [0.2, 0.25) is 0 Å². The van der Waals surface area contributed by atoms with E-state index in [9.17, 15) is 9.90 Å². The van der Waals surface area contributed by atoms with Gasteiger partial charge in [0, 0.05) is 26.1 Å². The number of aromatic nitrogens is 2. The zero-order chi connectivity index (χ0) is 18.7. The maximum atomic E-state index is 12.8. The minimum absolute atomic E-state index is 0.0538. The predicted molar refractivity (Wildman–Crippen MR) is 102 cm³/mol. The van der Waals surface area contributed by atoms with E-state index in [1.165, 1.54) is 12.8 Å². The highest BCUT2D eigenvalue weighted by molar-refractivity contribution is 5.77. The van der Waals surface area contributed by atoms with Crippen molar-refractivity contribution in [1.82, 2.24) is 19.4 Å². The van der Waals surface area contributed by atoms with Crippen molar-refractivity contribution in [3.05, 3.63) is 30.6 Å². The van der Waals surface area contributed by atoms with Gasteiger partial charge in [0.15, 0.2) is 0 Å². The third-order valence-corrected chi connectivity index (χ3v) is 5.52. The molecule has 0 unspecified atom stereocenters. The Hall–Kier alpha value is -1.96. The molecule has 0 saturated carbocycles. The summed E-state index contributed by atoms with van der Waals surface area (Å²) in [5.74, 6) is 0.0538. The standard InChI is InChI=1S/C20H28N4O3/c25-19(7-10-24-16-21-17-5-1-2-6-18(17)24)23-11-12-27-15-20(26,14-23)13-22-8-3-4-9-22/h1-2,5-6,16,26H,3-4,7-15H2/t20-/m1/s1. The number of ether oxygens (including phenoxy) is 1. The lowest BCUT2D eigenvalue weighted by Crippen LogP contribution is -2.53. The molecule has 146 valence electrons. The van der Waals surface area contributed by atoms with Crippen molar-refractivity contribution >= 4 is 16.9 Å². The average molecular weight is 372 g/mol. The number of aliphatic hydroxyl groups is 1. The fourth-order valence-corrected chi connectivity index (χ4v) is 4.15. The predicted octanol–water partition coefficient (Wildman–Crippen LogP) is 1.11. The number of β-amino-alcohol motifs (C(OH)–C–C–N with tert-alkyl or cyclic N) is 1. The number of carbonyl (C=O) groups excluding carboxylic acids is 1. The van der Waals surface area contributed by atoms with Crippen molar-refractivity contribution in [1.29, 1.82) is 0 Å². The number of likely N-dealkylation sites (tertiary alicyclic amines) is 1. The van der Waals surface area contributed by atoms with Crippen LogP contribution >= 0.6 is 0 Å². The van der Waals surface area contributed by atoms with Crippen LogP contribution in [0.5, 0.6) is 0 Å². The first-order valence-electron chi connectivity index (χ1n) is 9.83. The number of carbonyl (C=O) groups is 1. The van der Waals surface area contributed by atoms with Crippen LogP contribution in [0.3, 0.4) is 0 Å². The highest BCUT2D eigenvalue weighted by Crippen LogP contribution is 2.19. The van der Waals surface area contributed by atoms with Gasteiger partial charge in [0.2, 0.25) is 5.91 Å². The molecule has 0 spiro atoms. The molecule has 1 aromatic carbocycles. The second kappa shape index (κ2) is 7.96. The Kier molecular flexibility index (Phi) is 5.43. The average Bonchev–Trinajstić information content (AvgIpc) is 3.27. The topological polar surface area (TPSA) is 70.8 Å². The summed E-state index contributed by atoms with van der Waals surface area (Å²) < 4.78 is 7.63. The molecule has 1 amide bonds. The minimum atomic E-state index is -0.988. The van der Waals surface area contributed by atoms with Gasteiger partial charge in [-0.3, -0.25) is 4.79 Å². The van der Waals surface area contributed by atoms with E-state index in [1.807, 2.05) is 28.8 Å². The van der Waals surface area contributed by atoms with Crippen molar-refractivity contribution < 1.29 is 14.6 Å². The molecule has 3 heterocycles. The number of benzene rings is 1. The van der Waals surface area contributed by atoms with E-state index in [1.54, 1.807) is 11.2 Å². The fraction of sp³-hybridized carbons (Fsp3) is 0.600. The first kappa shape index (κ1) is 18.4. The Morgan fingerprint density at radius 3 is 2.89 bits per heavy atom.